The first-order chi connectivity index (χ1) is 14.8. The molecule has 0 radical (unpaired) electrons. The Morgan fingerprint density at radius 1 is 1.13 bits per heavy atom. The first kappa shape index (κ1) is 20.7. The Balaban J connectivity index is 1.79. The van der Waals surface area contributed by atoms with E-state index in [1.54, 1.807) is 41.8 Å². The number of nitrogens with one attached hydrogen (secondary N) is 1. The third-order valence-electron chi connectivity index (χ3n) is 4.62. The molecule has 0 saturated heterocycles. The lowest BCUT2D eigenvalue weighted by atomic mass is 10.2. The van der Waals surface area contributed by atoms with Crippen molar-refractivity contribution in [2.75, 3.05) is 12.4 Å². The first-order valence-corrected chi connectivity index (χ1v) is 10.7. The largest absolute Gasteiger partial charge is 0.467 e. The molecule has 0 amide bonds. The van der Waals surface area contributed by atoms with Crippen LogP contribution in [-0.2, 0) is 16.6 Å². The average Bonchev–Trinajstić information content (AvgIpc) is 3.07. The van der Waals surface area contributed by atoms with Crippen LogP contribution in [0.5, 0.6) is 6.01 Å². The van der Waals surface area contributed by atoms with Crippen molar-refractivity contribution in [2.24, 2.45) is 5.14 Å². The number of primary sulfonamides is 1. The monoisotopic (exact) mass is 442 g/mol. The third kappa shape index (κ3) is 4.18. The number of halogens is 1. The molecule has 0 unspecified atom stereocenters. The van der Waals surface area contributed by atoms with Crippen molar-refractivity contribution < 1.29 is 17.5 Å². The number of sulfonamides is 1. The molecule has 0 fully saturated rings. The van der Waals surface area contributed by atoms with Crippen LogP contribution in [0.15, 0.2) is 53.4 Å². The van der Waals surface area contributed by atoms with Crippen molar-refractivity contribution in [1.29, 1.82) is 0 Å². The summed E-state index contributed by atoms with van der Waals surface area (Å²) in [5, 5.41) is 8.85. The molecule has 0 atom stereocenters. The average molecular weight is 442 g/mol. The third-order valence-corrected chi connectivity index (χ3v) is 5.59. The number of hydrogen-bond acceptors (Lipinski definition) is 7. The molecular weight excluding hydrogens is 423 g/mol. The highest BCUT2D eigenvalue weighted by molar-refractivity contribution is 7.89. The molecule has 2 aromatic carbocycles. The number of nitrogens with two attached hydrogens (primary N) is 1. The number of hydrogen-bond donors (Lipinski definition) is 2. The number of aryl methyl sites for hydroxylation is 1. The number of anilines is 1. The summed E-state index contributed by atoms with van der Waals surface area (Å²) >= 11 is 0. The van der Waals surface area contributed by atoms with Gasteiger partial charge in [0.15, 0.2) is 0 Å². The van der Waals surface area contributed by atoms with E-state index in [2.05, 4.69) is 20.3 Å². The van der Waals surface area contributed by atoms with E-state index in [-0.39, 0.29) is 35.2 Å². The SMILES string of the molecule is COc1nc(NCc2cccc(F)c2)nc(-n2c(C)cc3c(S(N)(=O)=O)cccc32)n1. The lowest BCUT2D eigenvalue weighted by Crippen LogP contribution is -2.13. The predicted molar refractivity (Wildman–Crippen MR) is 113 cm³/mol. The number of fused-ring (bicyclic) bond motifs is 1. The minimum Gasteiger partial charge on any atom is -0.467 e. The molecular formula is C20H19FN6O3S. The second-order valence-electron chi connectivity index (χ2n) is 6.78. The zero-order valence-electron chi connectivity index (χ0n) is 16.7. The van der Waals surface area contributed by atoms with Crippen LogP contribution in [0.2, 0.25) is 0 Å². The standard InChI is InChI=1S/C20H19FN6O3S/c1-12-9-15-16(7-4-8-17(15)31(22,28)29)27(12)19-24-18(25-20(26-19)30-2)23-11-13-5-3-6-14(21)10-13/h3-10H,11H2,1-2H3,(H2,22,28,29)(H,23,24,25,26). The van der Waals surface area contributed by atoms with Gasteiger partial charge in [0.2, 0.25) is 21.9 Å². The molecule has 0 bridgehead atoms. The zero-order valence-corrected chi connectivity index (χ0v) is 17.5. The van der Waals surface area contributed by atoms with E-state index in [9.17, 15) is 12.8 Å². The Morgan fingerprint density at radius 3 is 2.61 bits per heavy atom. The summed E-state index contributed by atoms with van der Waals surface area (Å²) in [6, 6.07) is 12.7. The van der Waals surface area contributed by atoms with Gasteiger partial charge in [-0.15, -0.1) is 0 Å². The molecule has 9 nitrogen and oxygen atoms in total. The number of ether oxygens (including phenoxy) is 1. The van der Waals surface area contributed by atoms with Crippen molar-refractivity contribution in [3.8, 4) is 12.0 Å². The molecule has 0 aliphatic rings. The Hall–Kier alpha value is -3.57. The highest BCUT2D eigenvalue weighted by Crippen LogP contribution is 2.28. The van der Waals surface area contributed by atoms with Crippen molar-refractivity contribution in [1.82, 2.24) is 19.5 Å². The fraction of sp³-hybridized carbons (Fsp3) is 0.150. The van der Waals surface area contributed by atoms with Gasteiger partial charge in [0.25, 0.3) is 0 Å². The summed E-state index contributed by atoms with van der Waals surface area (Å²) in [7, 11) is -2.49. The van der Waals surface area contributed by atoms with E-state index >= 15 is 0 Å². The van der Waals surface area contributed by atoms with E-state index < -0.39 is 10.0 Å². The van der Waals surface area contributed by atoms with Gasteiger partial charge in [-0.1, -0.05) is 18.2 Å². The van der Waals surface area contributed by atoms with Gasteiger partial charge >= 0.3 is 6.01 Å². The fourth-order valence-corrected chi connectivity index (χ4v) is 4.03. The lowest BCUT2D eigenvalue weighted by molar-refractivity contribution is 0.378. The van der Waals surface area contributed by atoms with E-state index in [0.717, 1.165) is 0 Å². The Morgan fingerprint density at radius 2 is 1.90 bits per heavy atom. The lowest BCUT2D eigenvalue weighted by Gasteiger charge is -2.11. The summed E-state index contributed by atoms with van der Waals surface area (Å²) in [5.41, 5.74) is 1.96. The van der Waals surface area contributed by atoms with Gasteiger partial charge in [-0.3, -0.25) is 4.57 Å². The van der Waals surface area contributed by atoms with Gasteiger partial charge in [-0.05, 0) is 42.8 Å². The molecule has 0 aliphatic carbocycles. The summed E-state index contributed by atoms with van der Waals surface area (Å²) in [5.74, 6) is 0.107. The quantitative estimate of drug-likeness (QED) is 0.470. The van der Waals surface area contributed by atoms with Gasteiger partial charge in [0, 0.05) is 17.6 Å². The summed E-state index contributed by atoms with van der Waals surface area (Å²) in [6.45, 7) is 2.08. The zero-order chi connectivity index (χ0) is 22.2. The Bertz CT molecular complexity index is 1390. The van der Waals surface area contributed by atoms with E-state index in [4.69, 9.17) is 9.88 Å². The van der Waals surface area contributed by atoms with Gasteiger partial charge in [0.1, 0.15) is 5.82 Å². The minimum absolute atomic E-state index is 0.0114. The highest BCUT2D eigenvalue weighted by Gasteiger charge is 2.19. The molecule has 0 aliphatic heterocycles. The van der Waals surface area contributed by atoms with Crippen LogP contribution < -0.4 is 15.2 Å². The maximum absolute atomic E-state index is 13.4. The van der Waals surface area contributed by atoms with E-state index in [1.807, 2.05) is 0 Å². The molecule has 0 saturated carbocycles. The van der Waals surface area contributed by atoms with Gasteiger partial charge in [-0.25, -0.2) is 17.9 Å². The predicted octanol–water partition coefficient (Wildman–Crippen LogP) is 2.53. The second kappa shape index (κ2) is 7.93. The Labute approximate surface area is 177 Å². The van der Waals surface area contributed by atoms with Crippen molar-refractivity contribution in [2.45, 2.75) is 18.4 Å². The molecule has 2 aromatic heterocycles. The van der Waals surface area contributed by atoms with Crippen molar-refractivity contribution >= 4 is 26.9 Å². The molecule has 31 heavy (non-hydrogen) atoms. The van der Waals surface area contributed by atoms with Crippen LogP contribution in [0.4, 0.5) is 10.3 Å². The molecule has 3 N–H and O–H groups in total. The van der Waals surface area contributed by atoms with Crippen LogP contribution >= 0.6 is 0 Å². The fourth-order valence-electron chi connectivity index (χ4n) is 3.29. The normalized spacial score (nSPS) is 11.6. The van der Waals surface area contributed by atoms with Crippen molar-refractivity contribution in [3.05, 3.63) is 65.6 Å². The van der Waals surface area contributed by atoms with Crippen LogP contribution in [0.25, 0.3) is 16.9 Å². The topological polar surface area (TPSA) is 125 Å². The van der Waals surface area contributed by atoms with Crippen molar-refractivity contribution in [3.63, 3.8) is 0 Å². The summed E-state index contributed by atoms with van der Waals surface area (Å²) < 4.78 is 44.3. The minimum atomic E-state index is -3.91. The van der Waals surface area contributed by atoms with Crippen LogP contribution in [-0.4, -0.2) is 35.0 Å². The van der Waals surface area contributed by atoms with Crippen LogP contribution in [0, 0.1) is 12.7 Å². The molecule has 11 heteroatoms. The van der Waals surface area contributed by atoms with E-state index in [1.165, 1.54) is 25.3 Å². The smallest absolute Gasteiger partial charge is 0.322 e. The second-order valence-corrected chi connectivity index (χ2v) is 8.31. The number of methoxy groups -OCH3 is 1. The summed E-state index contributed by atoms with van der Waals surface area (Å²) in [6.07, 6.45) is 0. The molecule has 0 spiro atoms. The van der Waals surface area contributed by atoms with E-state index in [0.29, 0.717) is 22.2 Å². The molecule has 2 heterocycles. The maximum atomic E-state index is 13.4. The molecule has 160 valence electrons. The van der Waals surface area contributed by atoms with Gasteiger partial charge in [-0.2, -0.15) is 15.0 Å². The number of nitrogens with zero attached hydrogens (tertiary/aromatic N) is 4. The molecule has 4 rings (SSSR count). The summed E-state index contributed by atoms with van der Waals surface area (Å²) in [4.78, 5) is 12.9. The van der Waals surface area contributed by atoms with Gasteiger partial charge < -0.3 is 10.1 Å². The Kier molecular flexibility index (Phi) is 5.29. The van der Waals surface area contributed by atoms with Gasteiger partial charge in [0.05, 0.1) is 17.5 Å². The number of aromatic nitrogens is 4. The van der Waals surface area contributed by atoms with Crippen LogP contribution in [0.3, 0.4) is 0 Å². The maximum Gasteiger partial charge on any atom is 0.322 e. The highest BCUT2D eigenvalue weighted by atomic mass is 32.2. The number of benzene rings is 2. The first-order valence-electron chi connectivity index (χ1n) is 9.19. The van der Waals surface area contributed by atoms with Crippen LogP contribution in [0.1, 0.15) is 11.3 Å². The number of rotatable bonds is 6. The molecule has 4 aromatic rings.